The summed E-state index contributed by atoms with van der Waals surface area (Å²) in [4.78, 5) is 20.7. The van der Waals surface area contributed by atoms with Crippen LogP contribution in [0.4, 0.5) is 4.79 Å². The van der Waals surface area contributed by atoms with Gasteiger partial charge in [0.15, 0.2) is 0 Å². The summed E-state index contributed by atoms with van der Waals surface area (Å²) in [6, 6.07) is 7.59. The number of rotatable bonds is 4. The van der Waals surface area contributed by atoms with Gasteiger partial charge in [0.1, 0.15) is 0 Å². The first-order valence-corrected chi connectivity index (χ1v) is 11.0. The van der Waals surface area contributed by atoms with Gasteiger partial charge in [0.25, 0.3) is 0 Å². The van der Waals surface area contributed by atoms with E-state index in [1.54, 1.807) is 5.56 Å². The van der Waals surface area contributed by atoms with Gasteiger partial charge in [-0.1, -0.05) is 12.1 Å². The predicted octanol–water partition coefficient (Wildman–Crippen LogP) is 3.81. The number of likely N-dealkylation sites (tertiary alicyclic amines) is 1. The quantitative estimate of drug-likeness (QED) is 0.847. The number of aromatic amines is 1. The highest BCUT2D eigenvalue weighted by molar-refractivity contribution is 5.90. The zero-order valence-electron chi connectivity index (χ0n) is 17.3. The second kappa shape index (κ2) is 6.80. The average Bonchev–Trinajstić information content (AvgIpc) is 3.46. The summed E-state index contributed by atoms with van der Waals surface area (Å²) >= 11 is 0. The molecule has 1 aliphatic heterocycles. The first-order valence-electron chi connectivity index (χ1n) is 11.0. The third kappa shape index (κ3) is 2.83. The Morgan fingerprint density at radius 3 is 2.79 bits per heavy atom. The van der Waals surface area contributed by atoms with Crippen molar-refractivity contribution in [3.05, 3.63) is 35.0 Å². The molecular formula is C23H32N4O. The Hall–Kier alpha value is -2.01. The van der Waals surface area contributed by atoms with Gasteiger partial charge in [0.05, 0.1) is 0 Å². The fourth-order valence-electron chi connectivity index (χ4n) is 5.66. The molecule has 150 valence electrons. The molecule has 2 fully saturated rings. The average molecular weight is 381 g/mol. The molecule has 0 bridgehead atoms. The third-order valence-corrected chi connectivity index (χ3v) is 7.25. The fraction of sp³-hybridized carbons (Fsp3) is 0.609. The molecule has 5 nitrogen and oxygen atoms in total. The van der Waals surface area contributed by atoms with Crippen LogP contribution in [0.5, 0.6) is 0 Å². The molecule has 2 unspecified atom stereocenters. The summed E-state index contributed by atoms with van der Waals surface area (Å²) in [7, 11) is 2.24. The van der Waals surface area contributed by atoms with E-state index in [1.165, 1.54) is 35.0 Å². The number of aromatic nitrogens is 1. The lowest BCUT2D eigenvalue weighted by molar-refractivity contribution is 0.124. The van der Waals surface area contributed by atoms with Gasteiger partial charge in [-0.25, -0.2) is 4.79 Å². The van der Waals surface area contributed by atoms with Gasteiger partial charge >= 0.3 is 6.03 Å². The van der Waals surface area contributed by atoms with Crippen molar-refractivity contribution < 1.29 is 4.79 Å². The Balaban J connectivity index is 1.46. The molecule has 2 aliphatic carbocycles. The molecule has 1 aromatic carbocycles. The van der Waals surface area contributed by atoms with E-state index >= 15 is 0 Å². The number of urea groups is 1. The molecule has 2 N–H and O–H groups in total. The minimum atomic E-state index is 0.0780. The lowest BCUT2D eigenvalue weighted by Gasteiger charge is -2.46. The van der Waals surface area contributed by atoms with Gasteiger partial charge in [-0.3, -0.25) is 0 Å². The van der Waals surface area contributed by atoms with Crippen molar-refractivity contribution in [3.8, 4) is 0 Å². The van der Waals surface area contributed by atoms with E-state index in [-0.39, 0.29) is 12.1 Å². The zero-order valence-corrected chi connectivity index (χ0v) is 17.3. The molecule has 0 radical (unpaired) electrons. The lowest BCUT2D eigenvalue weighted by Crippen LogP contribution is -2.56. The number of nitrogens with zero attached hydrogens (tertiary/aromatic N) is 2. The summed E-state index contributed by atoms with van der Waals surface area (Å²) in [6.45, 7) is 6.53. The predicted molar refractivity (Wildman–Crippen MR) is 113 cm³/mol. The molecule has 28 heavy (non-hydrogen) atoms. The molecule has 0 spiro atoms. The number of fused-ring (bicyclic) bond motifs is 2. The van der Waals surface area contributed by atoms with Crippen molar-refractivity contribution in [1.29, 1.82) is 0 Å². The molecule has 1 aromatic heterocycles. The zero-order chi connectivity index (χ0) is 19.4. The highest BCUT2D eigenvalue weighted by Gasteiger charge is 2.42. The number of likely N-dealkylation sites (N-methyl/N-ethyl adjacent to an activating group) is 1. The Morgan fingerprint density at radius 2 is 2.07 bits per heavy atom. The van der Waals surface area contributed by atoms with E-state index in [0.29, 0.717) is 12.0 Å². The van der Waals surface area contributed by atoms with Crippen LogP contribution in [0.3, 0.4) is 0 Å². The highest BCUT2D eigenvalue weighted by atomic mass is 16.2. The van der Waals surface area contributed by atoms with Crippen molar-refractivity contribution in [2.75, 3.05) is 26.7 Å². The second-order valence-electron chi connectivity index (χ2n) is 8.93. The molecule has 1 saturated heterocycles. The van der Waals surface area contributed by atoms with Crippen LogP contribution >= 0.6 is 0 Å². The Morgan fingerprint density at radius 1 is 1.29 bits per heavy atom. The number of benzene rings is 1. The second-order valence-corrected chi connectivity index (χ2v) is 8.93. The van der Waals surface area contributed by atoms with E-state index in [2.05, 4.69) is 40.4 Å². The van der Waals surface area contributed by atoms with Gasteiger partial charge in [-0.05, 0) is 69.7 Å². The maximum Gasteiger partial charge on any atom is 0.317 e. The van der Waals surface area contributed by atoms with Crippen LogP contribution in [0.2, 0.25) is 0 Å². The van der Waals surface area contributed by atoms with E-state index in [4.69, 9.17) is 0 Å². The standard InChI is InChI=1S/C23H32N4O/c1-4-27(5-2)23(28)24-15-11-17-16-7-6-8-19-21(16)18(12-20(17)26(3)13-15)22(25-19)14-9-10-14/h6-8,14-15,17,20,25H,4-5,9-13H2,1-3H3,(H,24,28)/t15?,17-,20?/m1/s1. The molecule has 2 heterocycles. The van der Waals surface area contributed by atoms with Gasteiger partial charge < -0.3 is 20.1 Å². The minimum absolute atomic E-state index is 0.0780. The smallest absolute Gasteiger partial charge is 0.317 e. The van der Waals surface area contributed by atoms with E-state index in [9.17, 15) is 4.79 Å². The molecule has 3 aliphatic rings. The molecule has 5 heteroatoms. The van der Waals surface area contributed by atoms with Crippen LogP contribution in [-0.2, 0) is 6.42 Å². The van der Waals surface area contributed by atoms with Crippen LogP contribution < -0.4 is 5.32 Å². The maximum atomic E-state index is 12.6. The maximum absolute atomic E-state index is 12.6. The van der Waals surface area contributed by atoms with Crippen LogP contribution in [0, 0.1) is 0 Å². The normalized spacial score (nSPS) is 26.9. The number of carbonyl (C=O) groups excluding carboxylic acids is 1. The van der Waals surface area contributed by atoms with Crippen LogP contribution in [0.25, 0.3) is 10.9 Å². The van der Waals surface area contributed by atoms with Crippen LogP contribution in [0.1, 0.15) is 61.8 Å². The van der Waals surface area contributed by atoms with Crippen molar-refractivity contribution in [2.45, 2.75) is 63.5 Å². The Bertz CT molecular complexity index is 895. The van der Waals surface area contributed by atoms with Crippen LogP contribution in [-0.4, -0.2) is 59.6 Å². The van der Waals surface area contributed by atoms with Crippen molar-refractivity contribution in [3.63, 3.8) is 0 Å². The molecule has 3 atom stereocenters. The fourth-order valence-corrected chi connectivity index (χ4v) is 5.66. The lowest BCUT2D eigenvalue weighted by atomic mass is 9.73. The van der Waals surface area contributed by atoms with E-state index < -0.39 is 0 Å². The number of H-pyrrole nitrogens is 1. The SMILES string of the molecule is CCN(CC)C(=O)NC1C[C@@H]2c3cccc4[nH]c(C5CC5)c(c34)CC2N(C)C1. The summed E-state index contributed by atoms with van der Waals surface area (Å²) in [6.07, 6.45) is 4.84. The van der Waals surface area contributed by atoms with Crippen molar-refractivity contribution in [1.82, 2.24) is 20.1 Å². The minimum Gasteiger partial charge on any atom is -0.358 e. The number of carbonyl (C=O) groups is 1. The number of piperidine rings is 1. The number of hydrogen-bond acceptors (Lipinski definition) is 2. The highest BCUT2D eigenvalue weighted by Crippen LogP contribution is 2.49. The van der Waals surface area contributed by atoms with Crippen molar-refractivity contribution >= 4 is 16.9 Å². The summed E-state index contributed by atoms with van der Waals surface area (Å²) in [5, 5.41) is 4.79. The largest absolute Gasteiger partial charge is 0.358 e. The van der Waals surface area contributed by atoms with Crippen molar-refractivity contribution in [2.24, 2.45) is 0 Å². The molecule has 2 aromatic rings. The van der Waals surface area contributed by atoms with Gasteiger partial charge in [-0.15, -0.1) is 0 Å². The Labute approximate surface area is 167 Å². The third-order valence-electron chi connectivity index (χ3n) is 7.25. The monoisotopic (exact) mass is 380 g/mol. The Kier molecular flexibility index (Phi) is 4.38. The number of nitrogens with one attached hydrogen (secondary N) is 2. The van der Waals surface area contributed by atoms with Gasteiger partial charge in [0, 0.05) is 54.2 Å². The van der Waals surface area contributed by atoms with E-state index in [0.717, 1.165) is 38.4 Å². The first kappa shape index (κ1) is 18.0. The number of amides is 2. The van der Waals surface area contributed by atoms with Gasteiger partial charge in [-0.2, -0.15) is 0 Å². The summed E-state index contributed by atoms with van der Waals surface area (Å²) in [5.74, 6) is 1.24. The summed E-state index contributed by atoms with van der Waals surface area (Å²) in [5.41, 5.74) is 5.88. The van der Waals surface area contributed by atoms with Crippen LogP contribution in [0.15, 0.2) is 18.2 Å². The molecular weight excluding hydrogens is 348 g/mol. The molecule has 2 amide bonds. The van der Waals surface area contributed by atoms with E-state index in [1.807, 2.05) is 18.7 Å². The first-order chi connectivity index (χ1) is 13.6. The van der Waals surface area contributed by atoms with Gasteiger partial charge in [0.2, 0.25) is 0 Å². The summed E-state index contributed by atoms with van der Waals surface area (Å²) < 4.78 is 0. The topological polar surface area (TPSA) is 51.4 Å². The number of hydrogen-bond donors (Lipinski definition) is 2. The molecule has 5 rings (SSSR count). The molecule has 1 saturated carbocycles.